The molecule has 0 spiro atoms. The molecule has 0 amide bonds. The second-order valence-corrected chi connectivity index (χ2v) is 9.65. The Labute approximate surface area is 182 Å². The van der Waals surface area contributed by atoms with E-state index < -0.39 is 37.9 Å². The van der Waals surface area contributed by atoms with Crippen LogP contribution in [0.3, 0.4) is 0 Å². The highest BCUT2D eigenvalue weighted by atomic mass is 35.5. The van der Waals surface area contributed by atoms with E-state index in [2.05, 4.69) is 19.5 Å². The van der Waals surface area contributed by atoms with Crippen LogP contribution in [0.2, 0.25) is 5.02 Å². The first-order valence-corrected chi connectivity index (χ1v) is 11.6. The van der Waals surface area contributed by atoms with Crippen molar-refractivity contribution in [3.8, 4) is 0 Å². The van der Waals surface area contributed by atoms with Crippen molar-refractivity contribution in [2.45, 2.75) is 34.6 Å². The number of phosphoric acid groups is 1. The molecule has 1 unspecified atom stereocenters. The Bertz CT molecular complexity index is 1270. The summed E-state index contributed by atoms with van der Waals surface area (Å²) in [6, 6.07) is 6.87. The van der Waals surface area contributed by atoms with Crippen LogP contribution in [0.15, 0.2) is 39.1 Å². The number of imidazole rings is 1. The first-order valence-electron chi connectivity index (χ1n) is 8.90. The van der Waals surface area contributed by atoms with E-state index in [0.29, 0.717) is 5.02 Å². The molecular formula is C16H14ClN5O7PS-. The van der Waals surface area contributed by atoms with Crippen LogP contribution >= 0.6 is 31.2 Å². The van der Waals surface area contributed by atoms with Crippen LogP contribution in [0.4, 0.5) is 5.95 Å². The summed E-state index contributed by atoms with van der Waals surface area (Å²) < 4.78 is 28.5. The van der Waals surface area contributed by atoms with Crippen molar-refractivity contribution in [2.24, 2.45) is 0 Å². The van der Waals surface area contributed by atoms with Crippen molar-refractivity contribution in [3.05, 3.63) is 39.6 Å². The van der Waals surface area contributed by atoms with Crippen molar-refractivity contribution in [1.29, 1.82) is 0 Å². The number of nitrogens with one attached hydrogen (secondary N) is 1. The third-order valence-electron chi connectivity index (χ3n) is 4.77. The summed E-state index contributed by atoms with van der Waals surface area (Å²) >= 11 is 7.10. The largest absolute Gasteiger partial charge is 0.756 e. The summed E-state index contributed by atoms with van der Waals surface area (Å²) in [5.74, 6) is -0.157. The zero-order valence-electron chi connectivity index (χ0n) is 15.4. The van der Waals surface area contributed by atoms with Crippen molar-refractivity contribution in [3.63, 3.8) is 0 Å². The van der Waals surface area contributed by atoms with Crippen molar-refractivity contribution >= 4 is 48.3 Å². The second kappa shape index (κ2) is 7.57. The molecule has 12 nitrogen and oxygen atoms in total. The number of aromatic nitrogens is 4. The highest BCUT2D eigenvalue weighted by molar-refractivity contribution is 7.99. The molecule has 0 saturated carbocycles. The molecule has 5 atom stereocenters. The molecule has 15 heteroatoms. The van der Waals surface area contributed by atoms with Crippen molar-refractivity contribution < 1.29 is 28.3 Å². The normalized spacial score (nSPS) is 30.5. The molecule has 1 aromatic carbocycles. The molecule has 0 aliphatic carbocycles. The van der Waals surface area contributed by atoms with Gasteiger partial charge < -0.3 is 29.5 Å². The molecule has 4 heterocycles. The summed E-state index contributed by atoms with van der Waals surface area (Å²) in [5.41, 5.74) is 5.16. The lowest BCUT2D eigenvalue weighted by atomic mass is 10.1. The minimum Gasteiger partial charge on any atom is -0.756 e. The summed E-state index contributed by atoms with van der Waals surface area (Å²) in [6.07, 6.45) is -4.63. The van der Waals surface area contributed by atoms with E-state index >= 15 is 0 Å². The highest BCUT2D eigenvalue weighted by Crippen LogP contribution is 2.50. The molecule has 4 N–H and O–H groups in total. The fourth-order valence-electron chi connectivity index (χ4n) is 3.43. The van der Waals surface area contributed by atoms with Gasteiger partial charge in [0.2, 0.25) is 5.95 Å². The SMILES string of the molecule is Nc1nc2c(nc(Sc3ccc(Cl)cc3)n2[C@@H]2O[C@@H]3COP(=O)([O-])O[C@H]3[C@H]2O)c(=O)[nH]1. The Morgan fingerprint density at radius 1 is 1.35 bits per heavy atom. The third kappa shape index (κ3) is 3.77. The summed E-state index contributed by atoms with van der Waals surface area (Å²) in [4.78, 5) is 35.7. The summed E-state index contributed by atoms with van der Waals surface area (Å²) in [7, 11) is -4.56. The number of nitrogen functional groups attached to an aromatic ring is 1. The minimum absolute atomic E-state index is 0.0250. The van der Waals surface area contributed by atoms with Gasteiger partial charge in [0.25, 0.3) is 13.4 Å². The van der Waals surface area contributed by atoms with Gasteiger partial charge in [0.1, 0.15) is 18.3 Å². The lowest BCUT2D eigenvalue weighted by Crippen LogP contribution is -2.41. The van der Waals surface area contributed by atoms with E-state index in [1.54, 1.807) is 24.3 Å². The maximum absolute atomic E-state index is 12.4. The van der Waals surface area contributed by atoms with Gasteiger partial charge in [-0.05, 0) is 24.3 Å². The first kappa shape index (κ1) is 20.9. The molecule has 0 radical (unpaired) electrons. The standard InChI is InChI=1S/C16H15ClN5O7PS/c17-6-1-3-7(4-2-6)31-16-19-9-12(20-15(18)21-13(9)24)22(16)14-10(23)11-8(28-14)5-27-30(25,26)29-11/h1-4,8,10-11,14,23H,5H2,(H,25,26)(H3,18,20,21,24)/p-1/t8-,10-,11-,14-/m1/s1. The zero-order valence-corrected chi connectivity index (χ0v) is 17.8. The van der Waals surface area contributed by atoms with E-state index in [9.17, 15) is 19.4 Å². The number of ether oxygens (including phenoxy) is 1. The number of phosphoric ester groups is 1. The third-order valence-corrected chi connectivity index (χ3v) is 6.97. The van der Waals surface area contributed by atoms with Crippen LogP contribution in [0.25, 0.3) is 11.2 Å². The van der Waals surface area contributed by atoms with Gasteiger partial charge in [-0.25, -0.2) is 4.98 Å². The Hall–Kier alpha value is -1.96. The topological polar surface area (TPSA) is 178 Å². The number of aromatic amines is 1. The predicted molar refractivity (Wildman–Crippen MR) is 106 cm³/mol. The number of aliphatic hydroxyl groups is 1. The number of rotatable bonds is 3. The zero-order chi connectivity index (χ0) is 21.9. The van der Waals surface area contributed by atoms with Gasteiger partial charge in [-0.1, -0.05) is 23.4 Å². The number of fused-ring (bicyclic) bond motifs is 2. The molecule has 31 heavy (non-hydrogen) atoms. The number of halogens is 1. The van der Waals surface area contributed by atoms with Gasteiger partial charge in [0.05, 0.1) is 6.61 Å². The van der Waals surface area contributed by atoms with Crippen LogP contribution in [0, 0.1) is 0 Å². The molecule has 2 fully saturated rings. The second-order valence-electron chi connectivity index (χ2n) is 6.81. The predicted octanol–water partition coefficient (Wildman–Crippen LogP) is 0.648. The summed E-state index contributed by atoms with van der Waals surface area (Å²) in [6.45, 7) is -0.318. The minimum atomic E-state index is -4.56. The lowest BCUT2D eigenvalue weighted by molar-refractivity contribution is -0.245. The van der Waals surface area contributed by atoms with E-state index in [0.717, 1.165) is 4.90 Å². The molecule has 2 aliphatic heterocycles. The van der Waals surface area contributed by atoms with Gasteiger partial charge in [0, 0.05) is 9.92 Å². The monoisotopic (exact) mass is 486 g/mol. The number of hydrogen-bond acceptors (Lipinski definition) is 11. The van der Waals surface area contributed by atoms with Crippen molar-refractivity contribution in [1.82, 2.24) is 19.5 Å². The molecule has 2 aliphatic rings. The number of hydrogen-bond donors (Lipinski definition) is 3. The summed E-state index contributed by atoms with van der Waals surface area (Å²) in [5, 5.41) is 11.6. The Morgan fingerprint density at radius 3 is 2.84 bits per heavy atom. The van der Waals surface area contributed by atoms with Crippen LogP contribution in [-0.4, -0.2) is 49.5 Å². The molecule has 5 rings (SSSR count). The first-order chi connectivity index (χ1) is 14.7. The lowest BCUT2D eigenvalue weighted by Gasteiger charge is -2.34. The number of nitrogens with zero attached hydrogens (tertiary/aromatic N) is 3. The Morgan fingerprint density at radius 2 is 2.10 bits per heavy atom. The number of anilines is 1. The van der Waals surface area contributed by atoms with Gasteiger partial charge in [0.15, 0.2) is 22.5 Å². The maximum atomic E-state index is 12.4. The molecule has 2 saturated heterocycles. The molecule has 164 valence electrons. The van der Waals surface area contributed by atoms with Crippen LogP contribution < -0.4 is 16.2 Å². The number of nitrogens with two attached hydrogens (primary N) is 1. The van der Waals surface area contributed by atoms with Crippen molar-refractivity contribution in [2.75, 3.05) is 12.3 Å². The van der Waals surface area contributed by atoms with Gasteiger partial charge in [-0.2, -0.15) is 4.98 Å². The number of H-pyrrole nitrogens is 1. The van der Waals surface area contributed by atoms with Gasteiger partial charge in [-0.15, -0.1) is 0 Å². The average Bonchev–Trinajstić information content (AvgIpc) is 3.20. The smallest absolute Gasteiger partial charge is 0.280 e. The van der Waals surface area contributed by atoms with Gasteiger partial charge >= 0.3 is 0 Å². The molecular weight excluding hydrogens is 473 g/mol. The quantitative estimate of drug-likeness (QED) is 0.442. The van der Waals surface area contributed by atoms with Gasteiger partial charge in [-0.3, -0.25) is 18.9 Å². The molecule has 2 aromatic heterocycles. The Kier molecular flexibility index (Phi) is 5.11. The fourth-order valence-corrected chi connectivity index (χ4v) is 5.42. The van der Waals surface area contributed by atoms with E-state index in [1.165, 1.54) is 16.3 Å². The molecule has 3 aromatic rings. The van der Waals surface area contributed by atoms with Crippen LogP contribution in [-0.2, 0) is 18.3 Å². The number of aliphatic hydroxyl groups excluding tert-OH is 1. The molecule has 0 bridgehead atoms. The van der Waals surface area contributed by atoms with E-state index in [1.807, 2.05) is 0 Å². The maximum Gasteiger partial charge on any atom is 0.280 e. The number of benzene rings is 1. The highest BCUT2D eigenvalue weighted by Gasteiger charge is 2.51. The van der Waals surface area contributed by atoms with Crippen LogP contribution in [0.1, 0.15) is 6.23 Å². The Balaban J connectivity index is 1.62. The average molecular weight is 487 g/mol. The van der Waals surface area contributed by atoms with Crippen LogP contribution in [0.5, 0.6) is 0 Å². The fraction of sp³-hybridized carbons (Fsp3) is 0.312. The van der Waals surface area contributed by atoms with E-state index in [-0.39, 0.29) is 28.9 Å². The van der Waals surface area contributed by atoms with E-state index in [4.69, 9.17) is 26.6 Å².